The molecule has 3 nitrogen and oxygen atoms in total. The largest absolute Gasteiger partial charge is 0.456 e. The molecule has 0 saturated heterocycles. The molecule has 2 aromatic heterocycles. The van der Waals surface area contributed by atoms with Crippen LogP contribution in [-0.2, 0) is 10.8 Å². The summed E-state index contributed by atoms with van der Waals surface area (Å²) >= 11 is 0. The molecule has 0 saturated carbocycles. The van der Waals surface area contributed by atoms with Crippen molar-refractivity contribution in [1.29, 1.82) is 0 Å². The standard InChI is InChI=1S/C66H48N2O/c1-65(2)56-21-11-9-18-49(56)53-39-55-54-37-43(30-36-59(54)68(61(55)40-58(53)65)45-15-6-5-7-16-45)41-25-31-46(32-26-41)67(60-23-14-20-52-48-17-8-12-22-57(48)66(3,4)64(52)60)47-33-27-42(28-34-47)44-29-35-51-50-19-10-13-24-62(50)69-63(51)38-44/h5-40H,1-4H3. The zero-order chi connectivity index (χ0) is 46.2. The van der Waals surface area contributed by atoms with Gasteiger partial charge in [-0.05, 0) is 152 Å². The molecule has 0 radical (unpaired) electrons. The quantitative estimate of drug-likeness (QED) is 0.166. The van der Waals surface area contributed by atoms with Crippen molar-refractivity contribution in [3.05, 3.63) is 241 Å². The molecule has 328 valence electrons. The molecular weight excluding hydrogens is 837 g/mol. The number of fused-ring (bicyclic) bond motifs is 12. The Morgan fingerprint density at radius 1 is 0.362 bits per heavy atom. The van der Waals surface area contributed by atoms with Crippen molar-refractivity contribution in [3.8, 4) is 50.2 Å². The SMILES string of the molecule is CC1(C)c2ccccc2-c2cc3c4cc(-c5ccc(N(c6ccc(-c7ccc8c(c7)oc7ccccc78)cc6)c6cccc7c6C(C)(C)c6ccccc6-7)cc5)ccc4n(-c4ccccc4)c3cc21. The molecule has 0 fully saturated rings. The molecule has 0 N–H and O–H groups in total. The second-order valence-electron chi connectivity index (χ2n) is 20.1. The highest BCUT2D eigenvalue weighted by molar-refractivity contribution is 6.13. The van der Waals surface area contributed by atoms with E-state index in [9.17, 15) is 0 Å². The zero-order valence-electron chi connectivity index (χ0n) is 39.1. The van der Waals surface area contributed by atoms with Gasteiger partial charge in [-0.2, -0.15) is 0 Å². The minimum Gasteiger partial charge on any atom is -0.456 e. The summed E-state index contributed by atoms with van der Waals surface area (Å²) in [6, 6.07) is 80.6. The molecule has 0 unspecified atom stereocenters. The fourth-order valence-electron chi connectivity index (χ4n) is 12.2. The molecule has 14 rings (SSSR count). The third-order valence-corrected chi connectivity index (χ3v) is 15.6. The predicted molar refractivity (Wildman–Crippen MR) is 289 cm³/mol. The Kier molecular flexibility index (Phi) is 8.38. The fourth-order valence-corrected chi connectivity index (χ4v) is 12.2. The Bertz CT molecular complexity index is 4050. The van der Waals surface area contributed by atoms with E-state index < -0.39 is 0 Å². The van der Waals surface area contributed by atoms with Gasteiger partial charge in [-0.1, -0.05) is 161 Å². The van der Waals surface area contributed by atoms with Gasteiger partial charge in [0.1, 0.15) is 11.2 Å². The topological polar surface area (TPSA) is 21.3 Å². The number of furan rings is 1. The minimum absolute atomic E-state index is 0.0917. The van der Waals surface area contributed by atoms with Crippen LogP contribution in [0.5, 0.6) is 0 Å². The first kappa shape index (κ1) is 39.7. The number of aromatic nitrogens is 1. The van der Waals surface area contributed by atoms with Crippen LogP contribution in [0.1, 0.15) is 49.9 Å². The van der Waals surface area contributed by atoms with Gasteiger partial charge in [-0.25, -0.2) is 0 Å². The molecule has 12 aromatic rings. The second-order valence-corrected chi connectivity index (χ2v) is 20.1. The summed E-state index contributed by atoms with van der Waals surface area (Å²) in [6.45, 7) is 9.48. The van der Waals surface area contributed by atoms with Crippen molar-refractivity contribution in [3.63, 3.8) is 0 Å². The maximum Gasteiger partial charge on any atom is 0.136 e. The Labute approximate surface area is 402 Å². The van der Waals surface area contributed by atoms with Crippen LogP contribution in [-0.4, -0.2) is 4.57 Å². The smallest absolute Gasteiger partial charge is 0.136 e. The van der Waals surface area contributed by atoms with Gasteiger partial charge in [0.15, 0.2) is 0 Å². The van der Waals surface area contributed by atoms with Gasteiger partial charge < -0.3 is 13.9 Å². The minimum atomic E-state index is -0.199. The van der Waals surface area contributed by atoms with Crippen LogP contribution < -0.4 is 4.90 Å². The van der Waals surface area contributed by atoms with Crippen molar-refractivity contribution in [2.45, 2.75) is 38.5 Å². The lowest BCUT2D eigenvalue weighted by Crippen LogP contribution is -2.20. The van der Waals surface area contributed by atoms with Gasteiger partial charge in [0, 0.05) is 49.4 Å². The number of para-hydroxylation sites is 2. The molecule has 0 atom stereocenters. The summed E-state index contributed by atoms with van der Waals surface area (Å²) in [4.78, 5) is 2.46. The average Bonchev–Trinajstić information content (AvgIpc) is 4.07. The van der Waals surface area contributed by atoms with Crippen LogP contribution in [0.3, 0.4) is 0 Å². The Morgan fingerprint density at radius 3 is 1.67 bits per heavy atom. The van der Waals surface area contributed by atoms with Gasteiger partial charge in [-0.3, -0.25) is 0 Å². The van der Waals surface area contributed by atoms with Gasteiger partial charge in [0.05, 0.1) is 16.7 Å². The van der Waals surface area contributed by atoms with Crippen LogP contribution >= 0.6 is 0 Å². The number of hydrogen-bond donors (Lipinski definition) is 0. The van der Waals surface area contributed by atoms with Crippen molar-refractivity contribution in [2.24, 2.45) is 0 Å². The molecule has 0 amide bonds. The maximum atomic E-state index is 6.31. The summed E-state index contributed by atoms with van der Waals surface area (Å²) in [5.41, 5.74) is 23.9. The highest BCUT2D eigenvalue weighted by atomic mass is 16.3. The summed E-state index contributed by atoms with van der Waals surface area (Å²) in [5, 5.41) is 4.81. The Balaban J connectivity index is 0.897. The molecular formula is C66H48N2O. The van der Waals surface area contributed by atoms with Crippen molar-refractivity contribution < 1.29 is 4.42 Å². The maximum absolute atomic E-state index is 6.31. The average molecular weight is 885 g/mol. The molecule has 3 heteroatoms. The number of hydrogen-bond acceptors (Lipinski definition) is 2. The second kappa shape index (κ2) is 14.6. The van der Waals surface area contributed by atoms with Crippen LogP contribution in [0.25, 0.3) is 93.9 Å². The fraction of sp³-hybridized carbons (Fsp3) is 0.0909. The summed E-state index contributed by atoms with van der Waals surface area (Å²) < 4.78 is 8.76. The Hall–Kier alpha value is -8.40. The van der Waals surface area contributed by atoms with Crippen LogP contribution in [0, 0.1) is 0 Å². The summed E-state index contributed by atoms with van der Waals surface area (Å²) in [5.74, 6) is 0. The van der Waals surface area contributed by atoms with E-state index in [0.29, 0.717) is 0 Å². The lowest BCUT2D eigenvalue weighted by Gasteiger charge is -2.32. The highest BCUT2D eigenvalue weighted by Crippen LogP contribution is 2.55. The highest BCUT2D eigenvalue weighted by Gasteiger charge is 2.39. The first-order valence-corrected chi connectivity index (χ1v) is 24.2. The number of benzene rings is 10. The van der Waals surface area contributed by atoms with Gasteiger partial charge in [0.2, 0.25) is 0 Å². The van der Waals surface area contributed by atoms with Crippen LogP contribution in [0.4, 0.5) is 17.1 Å². The third kappa shape index (κ3) is 5.80. The number of anilines is 3. The number of nitrogens with zero attached hydrogens (tertiary/aromatic N) is 2. The summed E-state index contributed by atoms with van der Waals surface area (Å²) in [7, 11) is 0. The first-order valence-electron chi connectivity index (χ1n) is 24.2. The molecule has 2 aliphatic carbocycles. The predicted octanol–water partition coefficient (Wildman–Crippen LogP) is 18.1. The van der Waals surface area contributed by atoms with Gasteiger partial charge in [-0.15, -0.1) is 0 Å². The monoisotopic (exact) mass is 884 g/mol. The van der Waals surface area contributed by atoms with Crippen LogP contribution in [0.15, 0.2) is 223 Å². The first-order chi connectivity index (χ1) is 33.7. The molecule has 69 heavy (non-hydrogen) atoms. The van der Waals surface area contributed by atoms with Gasteiger partial charge >= 0.3 is 0 Å². The van der Waals surface area contributed by atoms with Crippen molar-refractivity contribution in [1.82, 2.24) is 4.57 Å². The Morgan fingerprint density at radius 2 is 0.928 bits per heavy atom. The third-order valence-electron chi connectivity index (χ3n) is 15.6. The molecule has 0 aliphatic heterocycles. The summed E-state index contributed by atoms with van der Waals surface area (Å²) in [6.07, 6.45) is 0. The van der Waals surface area contributed by atoms with E-state index >= 15 is 0 Å². The van der Waals surface area contributed by atoms with E-state index in [1.807, 2.05) is 12.1 Å². The van der Waals surface area contributed by atoms with E-state index in [4.69, 9.17) is 4.42 Å². The molecule has 0 bridgehead atoms. The van der Waals surface area contributed by atoms with E-state index in [1.54, 1.807) is 0 Å². The molecule has 2 aliphatic rings. The molecule has 0 spiro atoms. The molecule has 2 heterocycles. The van der Waals surface area contributed by atoms with E-state index in [0.717, 1.165) is 44.4 Å². The van der Waals surface area contributed by atoms with E-state index in [-0.39, 0.29) is 10.8 Å². The normalized spacial score (nSPS) is 14.0. The van der Waals surface area contributed by atoms with Crippen molar-refractivity contribution in [2.75, 3.05) is 4.90 Å². The lowest BCUT2D eigenvalue weighted by atomic mass is 9.81. The molecule has 10 aromatic carbocycles. The lowest BCUT2D eigenvalue weighted by molar-refractivity contribution is 0.660. The number of rotatable bonds is 6. The van der Waals surface area contributed by atoms with Crippen molar-refractivity contribution >= 4 is 60.8 Å². The van der Waals surface area contributed by atoms with Crippen LogP contribution in [0.2, 0.25) is 0 Å². The zero-order valence-corrected chi connectivity index (χ0v) is 39.1. The van der Waals surface area contributed by atoms with E-state index in [1.165, 1.54) is 88.8 Å². The van der Waals surface area contributed by atoms with E-state index in [2.05, 4.69) is 243 Å². The van der Waals surface area contributed by atoms with Gasteiger partial charge in [0.25, 0.3) is 0 Å².